The second-order valence-corrected chi connectivity index (χ2v) is 6.52. The second kappa shape index (κ2) is 14.1. The maximum atomic E-state index is 12.8. The van der Waals surface area contributed by atoms with Crippen LogP contribution in [0.5, 0.6) is 5.75 Å². The topological polar surface area (TPSA) is 92.8 Å². The average molecular weight is 363 g/mol. The van der Waals surface area contributed by atoms with Crippen molar-refractivity contribution in [3.8, 4) is 5.75 Å². The van der Waals surface area contributed by atoms with Gasteiger partial charge in [0.2, 0.25) is 0 Å². The number of hydrogen-bond donors (Lipinski definition) is 3. The largest absolute Gasteiger partial charge is 0.497 e. The van der Waals surface area contributed by atoms with Crippen LogP contribution in [-0.2, 0) is 11.3 Å². The Morgan fingerprint density at radius 1 is 1.38 bits per heavy atom. The van der Waals surface area contributed by atoms with Gasteiger partial charge in [0, 0.05) is 24.8 Å². The van der Waals surface area contributed by atoms with Crippen LogP contribution in [0, 0.1) is 11.2 Å². The summed E-state index contributed by atoms with van der Waals surface area (Å²) in [5.74, 6) is -0.343. The van der Waals surface area contributed by atoms with Crippen molar-refractivity contribution < 1.29 is 23.6 Å². The molecule has 1 rings (SSSR count). The molecule has 4 N–H and O–H groups in total. The number of rotatable bonds is 5. The number of halogens is 1. The Morgan fingerprint density at radius 3 is 2.29 bits per heavy atom. The molecule has 0 saturated heterocycles. The van der Waals surface area contributed by atoms with Crippen molar-refractivity contribution in [3.63, 3.8) is 0 Å². The number of carbonyl (C=O) groups is 1. The summed E-state index contributed by atoms with van der Waals surface area (Å²) in [5.41, 5.74) is 6.03. The zero-order valence-electron chi connectivity index (χ0n) is 15.1. The fourth-order valence-corrected chi connectivity index (χ4v) is 1.60. The number of ether oxygens (including phenoxy) is 1. The number of carboxylic acids is 1. The highest BCUT2D eigenvalue weighted by Gasteiger charge is 2.09. The fraction of sp³-hybridized carbons (Fsp3) is 0.588. The summed E-state index contributed by atoms with van der Waals surface area (Å²) >= 11 is 0.750. The lowest BCUT2D eigenvalue weighted by atomic mass is 9.90. The first-order chi connectivity index (χ1) is 11.1. The van der Waals surface area contributed by atoms with Crippen LogP contribution in [0.1, 0.15) is 45.6 Å². The smallest absolute Gasteiger partial charge is 0.303 e. The van der Waals surface area contributed by atoms with Crippen molar-refractivity contribution in [2.75, 3.05) is 13.4 Å². The Kier molecular flexibility index (Phi) is 14.6. The zero-order valence-corrected chi connectivity index (χ0v) is 16.0. The van der Waals surface area contributed by atoms with Gasteiger partial charge in [0.1, 0.15) is 11.6 Å². The summed E-state index contributed by atoms with van der Waals surface area (Å²) in [5, 5.41) is 8.31. The molecule has 5 nitrogen and oxygen atoms in total. The van der Waals surface area contributed by atoms with E-state index in [9.17, 15) is 9.18 Å². The van der Waals surface area contributed by atoms with E-state index in [0.717, 1.165) is 24.9 Å². The van der Waals surface area contributed by atoms with Gasteiger partial charge in [-0.2, -0.15) is 0 Å². The average Bonchev–Trinajstić information content (AvgIpc) is 2.47. The second-order valence-electron chi connectivity index (χ2n) is 6.15. The zero-order chi connectivity index (χ0) is 19.2. The first-order valence-corrected chi connectivity index (χ1v) is 8.71. The first kappa shape index (κ1) is 24.9. The van der Waals surface area contributed by atoms with E-state index in [4.69, 9.17) is 20.1 Å². The van der Waals surface area contributed by atoms with Crippen LogP contribution in [-0.4, -0.2) is 29.0 Å². The van der Waals surface area contributed by atoms with Gasteiger partial charge in [-0.1, -0.05) is 20.8 Å². The van der Waals surface area contributed by atoms with Gasteiger partial charge in [-0.05, 0) is 48.5 Å². The Bertz CT molecular complexity index is 464. The number of methoxy groups -OCH3 is 1. The third kappa shape index (κ3) is 15.6. The van der Waals surface area contributed by atoms with Gasteiger partial charge >= 0.3 is 5.97 Å². The molecule has 0 bridgehead atoms. The molecule has 0 fully saturated rings. The van der Waals surface area contributed by atoms with Gasteiger partial charge in [-0.15, -0.1) is 0 Å². The highest BCUT2D eigenvalue weighted by molar-refractivity contribution is 7.93. The van der Waals surface area contributed by atoms with E-state index in [1.54, 1.807) is 18.4 Å². The summed E-state index contributed by atoms with van der Waals surface area (Å²) < 4.78 is 25.1. The van der Waals surface area contributed by atoms with E-state index < -0.39 is 5.97 Å². The van der Waals surface area contributed by atoms with Crippen molar-refractivity contribution >= 4 is 18.0 Å². The third-order valence-electron chi connectivity index (χ3n) is 2.79. The van der Waals surface area contributed by atoms with Crippen LogP contribution in [0.2, 0.25) is 0 Å². The molecule has 0 aliphatic rings. The van der Waals surface area contributed by atoms with Crippen molar-refractivity contribution in [1.29, 1.82) is 0 Å². The molecule has 0 radical (unpaired) electrons. The standard InChI is InChI=1S/C8H10FNO.C8H16O2.CH4OS/c1-11-7-2-3-8(9)6(4-7)5-10;1-8(2,3)6-4-5-7(9)10;1-3-2/h2-4H,5,10H2,1H3;4-6H2,1-3H3,(H,9,10);2H,1H3. The van der Waals surface area contributed by atoms with Crippen LogP contribution < -0.4 is 10.5 Å². The van der Waals surface area contributed by atoms with Gasteiger partial charge in [0.15, 0.2) is 0 Å². The Morgan fingerprint density at radius 2 is 1.92 bits per heavy atom. The van der Waals surface area contributed by atoms with Crippen LogP contribution in [0.4, 0.5) is 4.39 Å². The van der Waals surface area contributed by atoms with E-state index >= 15 is 0 Å². The van der Waals surface area contributed by atoms with Crippen LogP contribution in [0.15, 0.2) is 18.2 Å². The Balaban J connectivity index is 0. The van der Waals surface area contributed by atoms with Crippen molar-refractivity contribution in [3.05, 3.63) is 29.6 Å². The van der Waals surface area contributed by atoms with Gasteiger partial charge < -0.3 is 20.1 Å². The molecule has 0 spiro atoms. The van der Waals surface area contributed by atoms with E-state index in [1.165, 1.54) is 13.2 Å². The summed E-state index contributed by atoms with van der Waals surface area (Å²) in [6, 6.07) is 4.50. The van der Waals surface area contributed by atoms with Crippen LogP contribution in [0.3, 0.4) is 0 Å². The molecule has 1 aromatic carbocycles. The minimum absolute atomic E-state index is 0.197. The predicted molar refractivity (Wildman–Crippen MR) is 97.9 cm³/mol. The van der Waals surface area contributed by atoms with E-state index in [0.29, 0.717) is 17.7 Å². The van der Waals surface area contributed by atoms with Gasteiger partial charge in [0.25, 0.3) is 0 Å². The van der Waals surface area contributed by atoms with E-state index in [1.807, 2.05) is 0 Å². The molecule has 0 aliphatic carbocycles. The van der Waals surface area contributed by atoms with Gasteiger partial charge in [-0.25, -0.2) is 4.39 Å². The minimum atomic E-state index is -0.691. The number of hydrogen-bond acceptors (Lipinski definition) is 5. The Labute approximate surface area is 148 Å². The maximum Gasteiger partial charge on any atom is 0.303 e. The first-order valence-electron chi connectivity index (χ1n) is 7.53. The van der Waals surface area contributed by atoms with Crippen LogP contribution in [0.25, 0.3) is 0 Å². The summed E-state index contributed by atoms with van der Waals surface area (Å²) in [7, 11) is 1.54. The minimum Gasteiger partial charge on any atom is -0.497 e. The number of carboxylic acid groups (broad SMARTS) is 1. The Hall–Kier alpha value is -1.31. The summed E-state index contributed by atoms with van der Waals surface area (Å²) in [4.78, 5) is 10.1. The van der Waals surface area contributed by atoms with Gasteiger partial charge in [-0.3, -0.25) is 4.79 Å². The highest BCUT2D eigenvalue weighted by Crippen LogP contribution is 2.21. The lowest BCUT2D eigenvalue weighted by Gasteiger charge is -2.16. The van der Waals surface area contributed by atoms with Crippen molar-refractivity contribution in [2.45, 2.75) is 46.6 Å². The monoisotopic (exact) mass is 363 g/mol. The third-order valence-corrected chi connectivity index (χ3v) is 2.79. The maximum absolute atomic E-state index is 12.8. The predicted octanol–water partition coefficient (Wildman–Crippen LogP) is 4.40. The molecule has 1 aromatic rings. The molecule has 0 heterocycles. The van der Waals surface area contributed by atoms with Crippen molar-refractivity contribution in [1.82, 2.24) is 0 Å². The number of benzene rings is 1. The number of nitrogens with two attached hydrogens (primary N) is 1. The molecule has 140 valence electrons. The quantitative estimate of drug-likeness (QED) is 0.671. The highest BCUT2D eigenvalue weighted by atomic mass is 32.2. The van der Waals surface area contributed by atoms with Crippen molar-refractivity contribution in [2.24, 2.45) is 11.1 Å². The molecule has 24 heavy (non-hydrogen) atoms. The fourth-order valence-electron chi connectivity index (χ4n) is 1.60. The number of aliphatic carboxylic acids is 1. The summed E-state index contributed by atoms with van der Waals surface area (Å²) in [6.45, 7) is 6.56. The molecule has 0 aliphatic heterocycles. The molecule has 0 amide bonds. The van der Waals surface area contributed by atoms with Crippen LogP contribution >= 0.6 is 12.0 Å². The molecule has 0 aromatic heterocycles. The molecule has 0 unspecified atom stereocenters. The summed E-state index contributed by atoms with van der Waals surface area (Å²) in [6.07, 6.45) is 3.68. The normalized spacial score (nSPS) is 10.0. The molecule has 0 saturated carbocycles. The van der Waals surface area contributed by atoms with E-state index in [-0.39, 0.29) is 17.8 Å². The molecule has 7 heteroatoms. The molecule has 0 atom stereocenters. The lowest BCUT2D eigenvalue weighted by Crippen LogP contribution is -2.05. The molecular weight excluding hydrogens is 333 g/mol. The lowest BCUT2D eigenvalue weighted by molar-refractivity contribution is -0.137. The van der Waals surface area contributed by atoms with Gasteiger partial charge in [0.05, 0.1) is 7.11 Å². The molecular formula is C17H30FNO4S. The van der Waals surface area contributed by atoms with E-state index in [2.05, 4.69) is 20.8 Å². The SMILES string of the molecule is CC(C)(C)CCCC(=O)O.COc1ccc(F)c(CN)c1.CSO.